The van der Waals surface area contributed by atoms with Gasteiger partial charge in [-0.25, -0.2) is 8.78 Å². The van der Waals surface area contributed by atoms with Crippen molar-refractivity contribution in [3.05, 3.63) is 0 Å². The van der Waals surface area contributed by atoms with Crippen LogP contribution in [0.3, 0.4) is 0 Å². The van der Waals surface area contributed by atoms with Gasteiger partial charge in [0.25, 0.3) is 5.92 Å². The van der Waals surface area contributed by atoms with Crippen LogP contribution in [-0.4, -0.2) is 41.2 Å². The van der Waals surface area contributed by atoms with Gasteiger partial charge in [0.1, 0.15) is 12.2 Å². The first-order valence-electron chi connectivity index (χ1n) is 3.58. The van der Waals surface area contributed by atoms with Crippen LogP contribution < -0.4 is 5.73 Å². The molecule has 6 heteroatoms. The van der Waals surface area contributed by atoms with E-state index in [1.807, 2.05) is 0 Å². The largest absolute Gasteiger partial charge is 0.387 e. The predicted molar refractivity (Wildman–Crippen MR) is 35.5 cm³/mol. The Balaban J connectivity index is 2.71. The zero-order valence-electron chi connectivity index (χ0n) is 6.28. The summed E-state index contributed by atoms with van der Waals surface area (Å²) < 4.78 is 30.2. The van der Waals surface area contributed by atoms with E-state index >= 15 is 0 Å². The van der Waals surface area contributed by atoms with E-state index in [9.17, 15) is 8.78 Å². The first-order valence-corrected chi connectivity index (χ1v) is 3.58. The fraction of sp³-hybridized carbons (Fsp3) is 1.00. The highest BCUT2D eigenvalue weighted by Gasteiger charge is 2.51. The third-order valence-corrected chi connectivity index (χ3v) is 1.83. The van der Waals surface area contributed by atoms with E-state index in [0.717, 1.165) is 0 Å². The Morgan fingerprint density at radius 3 is 2.58 bits per heavy atom. The summed E-state index contributed by atoms with van der Waals surface area (Å²) in [5, 5.41) is 17.7. The Labute approximate surface area is 67.9 Å². The zero-order chi connectivity index (χ0) is 9.35. The van der Waals surface area contributed by atoms with E-state index in [1.54, 1.807) is 0 Å². The molecule has 1 saturated heterocycles. The van der Waals surface area contributed by atoms with Crippen LogP contribution in [0.4, 0.5) is 8.78 Å². The van der Waals surface area contributed by atoms with Gasteiger partial charge in [-0.1, -0.05) is 0 Å². The Morgan fingerprint density at radius 1 is 1.50 bits per heavy atom. The van der Waals surface area contributed by atoms with E-state index in [2.05, 4.69) is 4.74 Å². The van der Waals surface area contributed by atoms with Gasteiger partial charge < -0.3 is 20.7 Å². The van der Waals surface area contributed by atoms with Gasteiger partial charge in [0.05, 0.1) is 0 Å². The average molecular weight is 183 g/mol. The van der Waals surface area contributed by atoms with Gasteiger partial charge in [-0.2, -0.15) is 0 Å². The van der Waals surface area contributed by atoms with Crippen molar-refractivity contribution in [1.82, 2.24) is 0 Å². The summed E-state index contributed by atoms with van der Waals surface area (Å²) in [5.41, 5.74) is 4.98. The molecule has 0 aliphatic carbocycles. The number of rotatable bonds is 1. The molecule has 4 nitrogen and oxygen atoms in total. The number of ether oxygens (including phenoxy) is 1. The van der Waals surface area contributed by atoms with Crippen LogP contribution in [0.15, 0.2) is 0 Å². The molecule has 4 N–H and O–H groups in total. The number of hydrogen-bond donors (Lipinski definition) is 3. The topological polar surface area (TPSA) is 75.7 Å². The number of halogens is 2. The Morgan fingerprint density at radius 2 is 2.08 bits per heavy atom. The molecule has 1 aliphatic heterocycles. The van der Waals surface area contributed by atoms with Gasteiger partial charge in [-0.05, 0) is 0 Å². The normalized spacial score (nSPS) is 41.2. The van der Waals surface area contributed by atoms with Crippen molar-refractivity contribution >= 4 is 0 Å². The van der Waals surface area contributed by atoms with Crippen LogP contribution in [0, 0.1) is 0 Å². The van der Waals surface area contributed by atoms with Crippen molar-refractivity contribution < 1.29 is 23.7 Å². The summed E-state index contributed by atoms with van der Waals surface area (Å²) in [6, 6.07) is 0. The van der Waals surface area contributed by atoms with Crippen molar-refractivity contribution in [2.24, 2.45) is 5.73 Å². The van der Waals surface area contributed by atoms with Crippen LogP contribution >= 0.6 is 0 Å². The molecule has 0 bridgehead atoms. The Kier molecular flexibility index (Phi) is 2.62. The zero-order valence-corrected chi connectivity index (χ0v) is 6.28. The van der Waals surface area contributed by atoms with Crippen LogP contribution in [0.5, 0.6) is 0 Å². The molecule has 3 atom stereocenters. The van der Waals surface area contributed by atoms with Gasteiger partial charge >= 0.3 is 0 Å². The quantitative estimate of drug-likeness (QED) is 0.490. The van der Waals surface area contributed by atoms with E-state index < -0.39 is 37.4 Å². The molecule has 1 fully saturated rings. The second kappa shape index (κ2) is 3.21. The lowest BCUT2D eigenvalue weighted by Gasteiger charge is -2.36. The minimum Gasteiger partial charge on any atom is -0.387 e. The molecular formula is C6H11F2NO3. The highest BCUT2D eigenvalue weighted by molar-refractivity contribution is 4.90. The molecule has 72 valence electrons. The van der Waals surface area contributed by atoms with Gasteiger partial charge in [0.15, 0.2) is 6.29 Å². The summed E-state index contributed by atoms with van der Waals surface area (Å²) >= 11 is 0. The maximum atomic E-state index is 12.9. The summed E-state index contributed by atoms with van der Waals surface area (Å²) in [5.74, 6) is -3.37. The second-order valence-corrected chi connectivity index (χ2v) is 2.74. The van der Waals surface area contributed by atoms with Gasteiger partial charge in [-0.15, -0.1) is 0 Å². The van der Waals surface area contributed by atoms with Crippen LogP contribution in [-0.2, 0) is 4.74 Å². The minimum absolute atomic E-state index is 0.429. The van der Waals surface area contributed by atoms with Crippen molar-refractivity contribution in [3.8, 4) is 0 Å². The molecule has 0 spiro atoms. The smallest absolute Gasteiger partial charge is 0.300 e. The highest BCUT2D eigenvalue weighted by atomic mass is 19.3. The maximum absolute atomic E-state index is 12.9. The fourth-order valence-corrected chi connectivity index (χ4v) is 1.11. The van der Waals surface area contributed by atoms with Crippen molar-refractivity contribution in [3.63, 3.8) is 0 Å². The monoisotopic (exact) mass is 183 g/mol. The summed E-state index contributed by atoms with van der Waals surface area (Å²) in [6.45, 7) is -0.429. The number of alkyl halides is 2. The Hall–Kier alpha value is -0.300. The highest BCUT2D eigenvalue weighted by Crippen LogP contribution is 2.32. The number of aliphatic hydroxyl groups is 2. The van der Waals surface area contributed by atoms with Crippen LogP contribution in [0.25, 0.3) is 0 Å². The standard InChI is InChI=1S/C6H11F2NO3/c7-6(8)3(10)1-5(11)12-4(6)2-9/h3-5,10-11H,1-2,9H2/t3?,4?,5-/m0/s1. The SMILES string of the molecule is NCC1O[C@H](O)CC(O)C1(F)F. The first kappa shape index (κ1) is 9.79. The molecule has 0 saturated carbocycles. The summed E-state index contributed by atoms with van der Waals surface area (Å²) in [4.78, 5) is 0. The molecule has 0 radical (unpaired) electrons. The van der Waals surface area contributed by atoms with Gasteiger partial charge in [0.2, 0.25) is 0 Å². The molecule has 12 heavy (non-hydrogen) atoms. The average Bonchev–Trinajstić information content (AvgIpc) is 1.97. The molecule has 0 aromatic heterocycles. The molecular weight excluding hydrogens is 172 g/mol. The Bertz CT molecular complexity index is 167. The van der Waals surface area contributed by atoms with Crippen molar-refractivity contribution in [1.29, 1.82) is 0 Å². The molecule has 1 aliphatic rings. The minimum atomic E-state index is -3.37. The number of nitrogens with two attached hydrogens (primary N) is 1. The second-order valence-electron chi connectivity index (χ2n) is 2.74. The first-order chi connectivity index (χ1) is 5.48. The number of hydrogen-bond acceptors (Lipinski definition) is 4. The van der Waals surface area contributed by atoms with Crippen LogP contribution in [0.1, 0.15) is 6.42 Å². The third kappa shape index (κ3) is 1.56. The predicted octanol–water partition coefficient (Wildman–Crippen LogP) is -0.951. The molecule has 1 rings (SSSR count). The molecule has 2 unspecified atom stereocenters. The van der Waals surface area contributed by atoms with E-state index in [1.165, 1.54) is 0 Å². The van der Waals surface area contributed by atoms with E-state index in [4.69, 9.17) is 15.9 Å². The lowest BCUT2D eigenvalue weighted by atomic mass is 10.0. The van der Waals surface area contributed by atoms with E-state index in [-0.39, 0.29) is 0 Å². The lowest BCUT2D eigenvalue weighted by Crippen LogP contribution is -2.56. The summed E-state index contributed by atoms with van der Waals surface area (Å²) in [6.07, 6.45) is -5.32. The van der Waals surface area contributed by atoms with Gasteiger partial charge in [0, 0.05) is 13.0 Å². The summed E-state index contributed by atoms with van der Waals surface area (Å²) in [7, 11) is 0. The third-order valence-electron chi connectivity index (χ3n) is 1.83. The van der Waals surface area contributed by atoms with Crippen LogP contribution in [0.2, 0.25) is 0 Å². The maximum Gasteiger partial charge on any atom is 0.300 e. The van der Waals surface area contributed by atoms with E-state index in [0.29, 0.717) is 0 Å². The van der Waals surface area contributed by atoms with Crippen molar-refractivity contribution in [2.45, 2.75) is 30.8 Å². The van der Waals surface area contributed by atoms with Gasteiger partial charge in [-0.3, -0.25) is 0 Å². The molecule has 0 aromatic rings. The lowest BCUT2D eigenvalue weighted by molar-refractivity contribution is -0.287. The molecule has 0 aromatic carbocycles. The molecule has 1 heterocycles. The van der Waals surface area contributed by atoms with Crippen molar-refractivity contribution in [2.75, 3.05) is 6.54 Å². The fourth-order valence-electron chi connectivity index (χ4n) is 1.11. The number of aliphatic hydroxyl groups excluding tert-OH is 2. The molecule has 0 amide bonds.